The molecule has 12 heavy (non-hydrogen) atoms. The minimum absolute atomic E-state index is 0.00309. The molecular formula is C9H8Cl2O. The molecular weight excluding hydrogens is 195 g/mol. The highest BCUT2D eigenvalue weighted by atomic mass is 35.5. The average Bonchev–Trinajstić information content (AvgIpc) is 2.26. The summed E-state index contributed by atoms with van der Waals surface area (Å²) in [5.74, 6) is -0.0228. The zero-order valence-electron chi connectivity index (χ0n) is 6.34. The van der Waals surface area contributed by atoms with E-state index < -0.39 is 4.33 Å². The van der Waals surface area contributed by atoms with Crippen molar-refractivity contribution in [2.24, 2.45) is 11.8 Å². The van der Waals surface area contributed by atoms with E-state index in [2.05, 4.69) is 0 Å². The van der Waals surface area contributed by atoms with Gasteiger partial charge in [0.05, 0.1) is 0 Å². The summed E-state index contributed by atoms with van der Waals surface area (Å²) < 4.78 is -1.16. The second-order valence-corrected chi connectivity index (χ2v) is 4.55. The molecule has 0 spiro atoms. The highest BCUT2D eigenvalue weighted by Crippen LogP contribution is 2.51. The molecule has 2 atom stereocenters. The summed E-state index contributed by atoms with van der Waals surface area (Å²) in [6, 6.07) is 0. The maximum Gasteiger partial charge on any atom is 0.183 e. The van der Waals surface area contributed by atoms with Gasteiger partial charge in [-0.2, -0.15) is 0 Å². The van der Waals surface area contributed by atoms with Gasteiger partial charge in [-0.25, -0.2) is 0 Å². The molecule has 64 valence electrons. The summed E-state index contributed by atoms with van der Waals surface area (Å²) in [6.07, 6.45) is 8.47. The highest BCUT2D eigenvalue weighted by Gasteiger charge is 2.58. The summed E-state index contributed by atoms with van der Waals surface area (Å²) in [5, 5.41) is 0. The van der Waals surface area contributed by atoms with Crippen LogP contribution in [-0.4, -0.2) is 10.1 Å². The first-order chi connectivity index (χ1) is 5.64. The van der Waals surface area contributed by atoms with Crippen LogP contribution in [0.2, 0.25) is 0 Å². The summed E-state index contributed by atoms with van der Waals surface area (Å²) >= 11 is 11.7. The molecule has 1 fully saturated rings. The molecule has 2 aliphatic carbocycles. The van der Waals surface area contributed by atoms with E-state index in [1.54, 1.807) is 0 Å². The van der Waals surface area contributed by atoms with Crippen LogP contribution in [0.25, 0.3) is 0 Å². The first-order valence-corrected chi connectivity index (χ1v) is 4.65. The molecule has 0 saturated heterocycles. The van der Waals surface area contributed by atoms with Crippen LogP contribution in [0.4, 0.5) is 0 Å². The number of ketones is 1. The van der Waals surface area contributed by atoms with Gasteiger partial charge in [0.25, 0.3) is 0 Å². The summed E-state index contributed by atoms with van der Waals surface area (Å²) in [6.45, 7) is 0. The van der Waals surface area contributed by atoms with Gasteiger partial charge >= 0.3 is 0 Å². The molecule has 0 N–H and O–H groups in total. The maximum absolute atomic E-state index is 11.3. The highest BCUT2D eigenvalue weighted by molar-refractivity contribution is 6.61. The van der Waals surface area contributed by atoms with Crippen molar-refractivity contribution in [2.75, 3.05) is 0 Å². The second-order valence-electron chi connectivity index (χ2n) is 3.17. The van der Waals surface area contributed by atoms with Gasteiger partial charge in [-0.05, 0) is 6.42 Å². The Morgan fingerprint density at radius 2 is 2.17 bits per heavy atom. The Morgan fingerprint density at radius 1 is 1.42 bits per heavy atom. The van der Waals surface area contributed by atoms with Crippen molar-refractivity contribution in [3.63, 3.8) is 0 Å². The smallest absolute Gasteiger partial charge is 0.183 e. The Morgan fingerprint density at radius 3 is 2.92 bits per heavy atom. The van der Waals surface area contributed by atoms with Gasteiger partial charge in [-0.3, -0.25) is 4.79 Å². The molecule has 0 aliphatic heterocycles. The number of allylic oxidation sites excluding steroid dienone is 4. The van der Waals surface area contributed by atoms with Crippen LogP contribution in [0.5, 0.6) is 0 Å². The van der Waals surface area contributed by atoms with E-state index in [9.17, 15) is 4.79 Å². The van der Waals surface area contributed by atoms with E-state index in [0.717, 1.165) is 6.42 Å². The number of hydrogen-bond donors (Lipinski definition) is 0. The minimum Gasteiger partial charge on any atom is -0.296 e. The molecule has 0 aromatic rings. The number of hydrogen-bond acceptors (Lipinski definition) is 1. The third-order valence-electron chi connectivity index (χ3n) is 2.47. The Balaban J connectivity index is 2.27. The van der Waals surface area contributed by atoms with Crippen molar-refractivity contribution in [1.29, 1.82) is 0 Å². The van der Waals surface area contributed by atoms with Crippen molar-refractivity contribution < 1.29 is 4.79 Å². The number of halogens is 2. The monoisotopic (exact) mass is 202 g/mol. The zero-order chi connectivity index (χ0) is 8.77. The number of Topliss-reactive ketones (excluding diaryl/α,β-unsaturated/α-hetero) is 1. The van der Waals surface area contributed by atoms with Gasteiger partial charge in [0.15, 0.2) is 10.1 Å². The lowest BCUT2D eigenvalue weighted by Crippen LogP contribution is -2.55. The molecule has 0 amide bonds. The van der Waals surface area contributed by atoms with E-state index in [1.807, 2.05) is 24.3 Å². The van der Waals surface area contributed by atoms with Crippen molar-refractivity contribution in [2.45, 2.75) is 10.8 Å². The van der Waals surface area contributed by atoms with Crippen LogP contribution in [0.15, 0.2) is 24.3 Å². The van der Waals surface area contributed by atoms with Gasteiger partial charge < -0.3 is 0 Å². The van der Waals surface area contributed by atoms with Gasteiger partial charge in [0, 0.05) is 11.8 Å². The molecule has 1 nitrogen and oxygen atoms in total. The third kappa shape index (κ3) is 0.964. The van der Waals surface area contributed by atoms with Crippen molar-refractivity contribution in [1.82, 2.24) is 0 Å². The molecule has 0 bridgehead atoms. The molecule has 0 aromatic carbocycles. The lowest BCUT2D eigenvalue weighted by Gasteiger charge is -2.43. The van der Waals surface area contributed by atoms with Crippen LogP contribution in [-0.2, 0) is 4.79 Å². The average molecular weight is 203 g/mol. The predicted octanol–water partition coefficient (Wildman–Crippen LogP) is 2.49. The van der Waals surface area contributed by atoms with Gasteiger partial charge in [-0.1, -0.05) is 47.5 Å². The van der Waals surface area contributed by atoms with Gasteiger partial charge in [0.2, 0.25) is 0 Å². The van der Waals surface area contributed by atoms with Crippen LogP contribution >= 0.6 is 23.2 Å². The van der Waals surface area contributed by atoms with Gasteiger partial charge in [-0.15, -0.1) is 0 Å². The normalized spacial score (nSPS) is 37.0. The third-order valence-corrected chi connectivity index (χ3v) is 3.35. The Labute approximate surface area is 81.0 Å². The molecule has 2 rings (SSSR count). The fourth-order valence-electron chi connectivity index (χ4n) is 1.73. The fourth-order valence-corrected chi connectivity index (χ4v) is 2.46. The molecule has 2 aliphatic rings. The van der Waals surface area contributed by atoms with Crippen molar-refractivity contribution in [3.05, 3.63) is 24.3 Å². The van der Waals surface area contributed by atoms with Crippen LogP contribution in [0.1, 0.15) is 6.42 Å². The zero-order valence-corrected chi connectivity index (χ0v) is 7.85. The Bertz CT molecular complexity index is 278. The molecule has 3 heteroatoms. The SMILES string of the molecule is O=C1[C@H]2CC=CC=C[C@H]2C1(Cl)Cl. The van der Waals surface area contributed by atoms with E-state index >= 15 is 0 Å². The fraction of sp³-hybridized carbons (Fsp3) is 0.444. The minimum atomic E-state index is -1.16. The number of fused-ring (bicyclic) bond motifs is 1. The summed E-state index contributed by atoms with van der Waals surface area (Å²) in [5.41, 5.74) is 0. The van der Waals surface area contributed by atoms with Crippen LogP contribution in [0.3, 0.4) is 0 Å². The summed E-state index contributed by atoms with van der Waals surface area (Å²) in [4.78, 5) is 11.3. The van der Waals surface area contributed by atoms with E-state index in [1.165, 1.54) is 0 Å². The van der Waals surface area contributed by atoms with Crippen molar-refractivity contribution >= 4 is 29.0 Å². The van der Waals surface area contributed by atoms with Gasteiger partial charge in [0.1, 0.15) is 0 Å². The first-order valence-electron chi connectivity index (χ1n) is 3.89. The molecule has 1 saturated carbocycles. The standard InChI is InChI=1S/C9H8Cl2O/c10-9(11)7-5-3-1-2-4-6(7)8(9)12/h1-3,5-7H,4H2/t6-,7+/m0/s1. The molecule has 0 unspecified atom stereocenters. The number of rotatable bonds is 0. The largest absolute Gasteiger partial charge is 0.296 e. The predicted molar refractivity (Wildman–Crippen MR) is 49.3 cm³/mol. The molecule has 0 heterocycles. The van der Waals surface area contributed by atoms with E-state index in [-0.39, 0.29) is 17.6 Å². The van der Waals surface area contributed by atoms with Crippen molar-refractivity contribution in [3.8, 4) is 0 Å². The quantitative estimate of drug-likeness (QED) is 0.552. The van der Waals surface area contributed by atoms with Crippen LogP contribution < -0.4 is 0 Å². The number of carbonyl (C=O) groups excluding carboxylic acids is 1. The van der Waals surface area contributed by atoms with E-state index in [0.29, 0.717) is 0 Å². The number of alkyl halides is 2. The first kappa shape index (κ1) is 8.33. The second kappa shape index (κ2) is 2.61. The molecule has 0 radical (unpaired) electrons. The topological polar surface area (TPSA) is 17.1 Å². The Kier molecular flexibility index (Phi) is 1.81. The van der Waals surface area contributed by atoms with Crippen LogP contribution in [0, 0.1) is 11.8 Å². The Hall–Kier alpha value is -0.270. The maximum atomic E-state index is 11.3. The lowest BCUT2D eigenvalue weighted by atomic mass is 9.70. The lowest BCUT2D eigenvalue weighted by molar-refractivity contribution is -0.133. The molecule has 0 aromatic heterocycles. The number of carbonyl (C=O) groups is 1. The van der Waals surface area contributed by atoms with E-state index in [4.69, 9.17) is 23.2 Å². The summed E-state index contributed by atoms with van der Waals surface area (Å²) in [7, 11) is 0.